The molecule has 0 radical (unpaired) electrons. The SMILES string of the molecule is FC(F)(F)CC[Si](I)(CCC(F)(F)F)CCC(F)(F)F. The fourth-order valence-corrected chi connectivity index (χ4v) is 6.84. The van der Waals surface area contributed by atoms with Crippen LogP contribution >= 0.6 is 21.8 Å². The molecule has 0 bridgehead atoms. The molecule has 0 fully saturated rings. The summed E-state index contributed by atoms with van der Waals surface area (Å²) in [6.07, 6.45) is -17.7. The van der Waals surface area contributed by atoms with Crippen LogP contribution in [0.4, 0.5) is 39.5 Å². The summed E-state index contributed by atoms with van der Waals surface area (Å²) in [6, 6.07) is -1.87. The first kappa shape index (κ1) is 20.3. The highest BCUT2D eigenvalue weighted by atomic mass is 127. The van der Waals surface area contributed by atoms with E-state index >= 15 is 0 Å². The van der Waals surface area contributed by atoms with Gasteiger partial charge in [-0.25, -0.2) is 0 Å². The van der Waals surface area contributed by atoms with Crippen molar-refractivity contribution in [1.82, 2.24) is 0 Å². The summed E-state index contributed by atoms with van der Waals surface area (Å²) in [5.41, 5.74) is -3.27. The zero-order chi connectivity index (χ0) is 16.2. The number of rotatable bonds is 6. The van der Waals surface area contributed by atoms with Gasteiger partial charge < -0.3 is 0 Å². The Balaban J connectivity index is 4.66. The van der Waals surface area contributed by atoms with E-state index in [0.717, 1.165) is 0 Å². The van der Waals surface area contributed by atoms with E-state index in [1.54, 1.807) is 0 Å². The third-order valence-corrected chi connectivity index (χ3v) is 10.9. The van der Waals surface area contributed by atoms with Crippen molar-refractivity contribution in [1.29, 1.82) is 0 Å². The Morgan fingerprint density at radius 1 is 0.550 bits per heavy atom. The van der Waals surface area contributed by atoms with Gasteiger partial charge in [-0.3, -0.25) is 0 Å². The molecule has 122 valence electrons. The maximum atomic E-state index is 12.1. The topological polar surface area (TPSA) is 0 Å². The minimum absolute atomic E-state index is 0.622. The summed E-state index contributed by atoms with van der Waals surface area (Å²) in [5, 5.41) is 0. The predicted molar refractivity (Wildman–Crippen MR) is 66.2 cm³/mol. The quantitative estimate of drug-likeness (QED) is 0.197. The van der Waals surface area contributed by atoms with Crippen LogP contribution in [0.3, 0.4) is 0 Å². The van der Waals surface area contributed by atoms with E-state index in [-0.39, 0.29) is 0 Å². The van der Waals surface area contributed by atoms with Crippen molar-refractivity contribution in [3.63, 3.8) is 0 Å². The van der Waals surface area contributed by atoms with Crippen LogP contribution in [0.1, 0.15) is 19.3 Å². The standard InChI is InChI=1S/C9H12F9ISi/c10-7(11,12)1-4-20(19,5-2-8(13,14)15)6-3-9(16,17)18/h1-6H2. The van der Waals surface area contributed by atoms with Crippen LogP contribution in [-0.2, 0) is 0 Å². The lowest BCUT2D eigenvalue weighted by atomic mass is 10.5. The minimum atomic E-state index is -4.57. The lowest BCUT2D eigenvalue weighted by molar-refractivity contribution is -0.132. The second-order valence-electron chi connectivity index (χ2n) is 4.50. The molecule has 20 heavy (non-hydrogen) atoms. The minimum Gasteiger partial charge on any atom is -0.171 e. The van der Waals surface area contributed by atoms with E-state index in [4.69, 9.17) is 0 Å². The Bertz CT molecular complexity index is 248. The largest absolute Gasteiger partial charge is 0.388 e. The molecular formula is C9H12F9ISi. The lowest BCUT2D eigenvalue weighted by Crippen LogP contribution is -2.31. The fourth-order valence-electron chi connectivity index (χ4n) is 1.47. The number of hydrogen-bond donors (Lipinski definition) is 0. The first-order valence-electron chi connectivity index (χ1n) is 5.51. The Morgan fingerprint density at radius 3 is 0.900 bits per heavy atom. The molecule has 0 aromatic rings. The molecule has 0 nitrogen and oxygen atoms in total. The van der Waals surface area contributed by atoms with Crippen molar-refractivity contribution in [3.8, 4) is 0 Å². The van der Waals surface area contributed by atoms with Crippen LogP contribution in [0.5, 0.6) is 0 Å². The van der Waals surface area contributed by atoms with Crippen LogP contribution in [0.25, 0.3) is 0 Å². The number of halogens is 10. The summed E-state index contributed by atoms with van der Waals surface area (Å²) in [7, 11) is 0. The Kier molecular flexibility index (Phi) is 7.16. The van der Waals surface area contributed by atoms with Crippen LogP contribution in [0.2, 0.25) is 18.1 Å². The molecule has 0 atom stereocenters. The molecule has 0 aliphatic rings. The van der Waals surface area contributed by atoms with Crippen molar-refractivity contribution in [3.05, 3.63) is 0 Å². The summed E-state index contributed by atoms with van der Waals surface area (Å²) in [6.45, 7) is 0. The maximum absolute atomic E-state index is 12.1. The molecule has 0 aliphatic heterocycles. The molecule has 0 N–H and O–H groups in total. The van der Waals surface area contributed by atoms with Crippen molar-refractivity contribution in [2.45, 2.75) is 55.9 Å². The van der Waals surface area contributed by atoms with Gasteiger partial charge in [-0.05, 0) is 18.1 Å². The van der Waals surface area contributed by atoms with E-state index in [2.05, 4.69) is 0 Å². The van der Waals surface area contributed by atoms with Gasteiger partial charge in [0, 0.05) is 19.3 Å². The number of hydrogen-bond acceptors (Lipinski definition) is 0. The van der Waals surface area contributed by atoms with Crippen molar-refractivity contribution >= 4 is 27.4 Å². The molecule has 0 rings (SSSR count). The summed E-state index contributed by atoms with van der Waals surface area (Å²) in [4.78, 5) is 0. The number of alkyl halides is 9. The Morgan fingerprint density at radius 2 is 0.750 bits per heavy atom. The summed E-state index contributed by atoms with van der Waals surface area (Å²) in [5.74, 6) is 0. The summed E-state index contributed by atoms with van der Waals surface area (Å²) < 4.78 is 109. The van der Waals surface area contributed by atoms with Gasteiger partial charge in [0.15, 0.2) is 0 Å². The van der Waals surface area contributed by atoms with Crippen molar-refractivity contribution in [2.75, 3.05) is 0 Å². The first-order valence-corrected chi connectivity index (χ1v) is 11.2. The Labute approximate surface area is 123 Å². The van der Waals surface area contributed by atoms with Gasteiger partial charge in [-0.1, -0.05) is 0 Å². The zero-order valence-corrected chi connectivity index (χ0v) is 13.2. The molecule has 0 aromatic carbocycles. The average Bonchev–Trinajstić information content (AvgIpc) is 2.18. The average molecular weight is 446 g/mol. The van der Waals surface area contributed by atoms with E-state index in [1.807, 2.05) is 0 Å². The van der Waals surface area contributed by atoms with Crippen LogP contribution < -0.4 is 0 Å². The van der Waals surface area contributed by atoms with Crippen LogP contribution in [0, 0.1) is 0 Å². The zero-order valence-electron chi connectivity index (χ0n) is 10.0. The highest BCUT2D eigenvalue weighted by Gasteiger charge is 2.42. The van der Waals surface area contributed by atoms with E-state index < -0.39 is 61.5 Å². The molecule has 0 amide bonds. The van der Waals surface area contributed by atoms with Gasteiger partial charge in [-0.15, -0.1) is 21.8 Å². The van der Waals surface area contributed by atoms with E-state index in [1.165, 1.54) is 21.8 Å². The second-order valence-corrected chi connectivity index (χ2v) is 15.2. The molecule has 0 saturated carbocycles. The predicted octanol–water partition coefficient (Wildman–Crippen LogP) is 6.22. The Hall–Kier alpha value is 0.317. The molecule has 11 heteroatoms. The first-order chi connectivity index (χ1) is 8.62. The molecule has 0 aliphatic carbocycles. The third kappa shape index (κ3) is 12.1. The van der Waals surface area contributed by atoms with Crippen LogP contribution in [-0.4, -0.2) is 24.1 Å². The van der Waals surface area contributed by atoms with Gasteiger partial charge in [-0.2, -0.15) is 39.5 Å². The van der Waals surface area contributed by atoms with Crippen molar-refractivity contribution in [2.24, 2.45) is 0 Å². The van der Waals surface area contributed by atoms with Gasteiger partial charge in [0.25, 0.3) is 0 Å². The fraction of sp³-hybridized carbons (Fsp3) is 1.00. The van der Waals surface area contributed by atoms with E-state index in [0.29, 0.717) is 0 Å². The van der Waals surface area contributed by atoms with Crippen LogP contribution in [0.15, 0.2) is 0 Å². The normalized spacial score (nSPS) is 14.7. The van der Waals surface area contributed by atoms with Gasteiger partial charge in [0.1, 0.15) is 5.57 Å². The molecule has 0 spiro atoms. The van der Waals surface area contributed by atoms with Gasteiger partial charge >= 0.3 is 18.5 Å². The maximum Gasteiger partial charge on any atom is 0.388 e. The molecule has 0 unspecified atom stereocenters. The molecule has 0 aromatic heterocycles. The lowest BCUT2D eigenvalue weighted by Gasteiger charge is -2.27. The second kappa shape index (κ2) is 7.05. The molecule has 0 heterocycles. The summed E-state index contributed by atoms with van der Waals surface area (Å²) >= 11 is 1.43. The van der Waals surface area contributed by atoms with Crippen molar-refractivity contribution < 1.29 is 39.5 Å². The monoisotopic (exact) mass is 446 g/mol. The highest BCUT2D eigenvalue weighted by Crippen LogP contribution is 2.41. The van der Waals surface area contributed by atoms with Gasteiger partial charge in [0.05, 0.1) is 0 Å². The molecular weight excluding hydrogens is 434 g/mol. The smallest absolute Gasteiger partial charge is 0.171 e. The highest BCUT2D eigenvalue weighted by molar-refractivity contribution is 14.1. The van der Waals surface area contributed by atoms with E-state index in [9.17, 15) is 39.5 Å². The molecule has 0 saturated heterocycles. The van der Waals surface area contributed by atoms with Gasteiger partial charge in [0.2, 0.25) is 0 Å². The third-order valence-electron chi connectivity index (χ3n) is 2.57.